The average Bonchev–Trinajstić information content (AvgIpc) is 2.03. The molecule has 4 nitrogen and oxygen atoms in total. The van der Waals surface area contributed by atoms with Gasteiger partial charge in [0.25, 0.3) is 0 Å². The minimum Gasteiger partial charge on any atom is -0.211 e. The topological polar surface area (TPSA) is 58.9 Å². The molecule has 0 saturated carbocycles. The third-order valence-corrected chi connectivity index (χ3v) is 2.26. The fourth-order valence-electron chi connectivity index (χ4n) is 1.35. The number of aliphatic imine (C=N–C) groups is 2. The maximum absolute atomic E-state index is 10.3. The number of isocyanates is 2. The first kappa shape index (κ1) is 12.8. The Kier molecular flexibility index (Phi) is 4.42. The molecule has 0 unspecified atom stereocenters. The molecule has 0 bridgehead atoms. The van der Waals surface area contributed by atoms with Gasteiger partial charge in [-0.1, -0.05) is 34.1 Å². The molecule has 14 heavy (non-hydrogen) atoms. The Morgan fingerprint density at radius 3 is 1.71 bits per heavy atom. The van der Waals surface area contributed by atoms with Crippen molar-refractivity contribution in [2.45, 2.75) is 46.2 Å². The van der Waals surface area contributed by atoms with E-state index >= 15 is 0 Å². The quantitative estimate of drug-likeness (QED) is 0.511. The molecule has 0 rings (SSSR count). The summed E-state index contributed by atoms with van der Waals surface area (Å²) < 4.78 is 0. The van der Waals surface area contributed by atoms with Gasteiger partial charge in [-0.3, -0.25) is 0 Å². The molecule has 0 spiro atoms. The van der Waals surface area contributed by atoms with Gasteiger partial charge in [0, 0.05) is 5.41 Å². The van der Waals surface area contributed by atoms with Crippen LogP contribution in [0, 0.1) is 5.41 Å². The molecule has 0 fully saturated rings. The highest BCUT2D eigenvalue weighted by Gasteiger charge is 2.41. The molecule has 0 heterocycles. The first-order chi connectivity index (χ1) is 6.43. The Hall–Kier alpha value is -1.24. The Morgan fingerprint density at radius 1 is 1.07 bits per heavy atom. The van der Waals surface area contributed by atoms with E-state index < -0.39 is 11.1 Å². The van der Waals surface area contributed by atoms with Crippen LogP contribution in [0.5, 0.6) is 0 Å². The van der Waals surface area contributed by atoms with Gasteiger partial charge in [0.1, 0.15) is 0 Å². The van der Waals surface area contributed by atoms with Crippen LogP contribution in [-0.4, -0.2) is 17.8 Å². The van der Waals surface area contributed by atoms with Crippen LogP contribution in [-0.2, 0) is 9.59 Å². The van der Waals surface area contributed by atoms with Crippen LogP contribution in [0.15, 0.2) is 9.98 Å². The van der Waals surface area contributed by atoms with Crippen LogP contribution in [0.3, 0.4) is 0 Å². The summed E-state index contributed by atoms with van der Waals surface area (Å²) in [4.78, 5) is 28.0. The van der Waals surface area contributed by atoms with E-state index in [0.717, 1.165) is 6.42 Å². The van der Waals surface area contributed by atoms with Gasteiger partial charge in [-0.2, -0.15) is 9.98 Å². The molecule has 0 aromatic rings. The van der Waals surface area contributed by atoms with Gasteiger partial charge in [0.05, 0.1) is 0 Å². The highest BCUT2D eigenvalue weighted by Crippen LogP contribution is 2.38. The first-order valence-electron chi connectivity index (χ1n) is 4.61. The SMILES string of the molecule is CCCC(N=C=O)(N=C=O)C(C)(C)C. The number of hydrogen-bond donors (Lipinski definition) is 0. The van der Waals surface area contributed by atoms with E-state index in [1.807, 2.05) is 27.7 Å². The molecule has 0 N–H and O–H groups in total. The van der Waals surface area contributed by atoms with Gasteiger partial charge in [-0.05, 0) is 6.42 Å². The lowest BCUT2D eigenvalue weighted by molar-refractivity contribution is 0.184. The molecule has 0 atom stereocenters. The summed E-state index contributed by atoms with van der Waals surface area (Å²) in [7, 11) is 0. The second kappa shape index (κ2) is 4.85. The van der Waals surface area contributed by atoms with E-state index in [1.54, 1.807) is 0 Å². The van der Waals surface area contributed by atoms with E-state index in [-0.39, 0.29) is 0 Å². The van der Waals surface area contributed by atoms with Crippen LogP contribution in [0.1, 0.15) is 40.5 Å². The van der Waals surface area contributed by atoms with Crippen molar-refractivity contribution in [3.05, 3.63) is 0 Å². The average molecular weight is 196 g/mol. The standard InChI is InChI=1S/C10H16N2O2/c1-5-6-10(11-7-13,12-8-14)9(2,3)4/h5-6H2,1-4H3. The number of nitrogens with zero attached hydrogens (tertiary/aromatic N) is 2. The number of rotatable bonds is 4. The summed E-state index contributed by atoms with van der Waals surface area (Å²) in [6.07, 6.45) is 4.30. The Labute approximate surface area is 84.1 Å². The zero-order valence-electron chi connectivity index (χ0n) is 9.13. The lowest BCUT2D eigenvalue weighted by Crippen LogP contribution is -2.39. The van der Waals surface area contributed by atoms with E-state index in [9.17, 15) is 9.59 Å². The van der Waals surface area contributed by atoms with E-state index in [0.29, 0.717) is 6.42 Å². The summed E-state index contributed by atoms with van der Waals surface area (Å²) in [6, 6.07) is 0. The predicted molar refractivity (Wildman–Crippen MR) is 53.3 cm³/mol. The van der Waals surface area contributed by atoms with Crippen LogP contribution in [0.25, 0.3) is 0 Å². The van der Waals surface area contributed by atoms with E-state index in [4.69, 9.17) is 0 Å². The van der Waals surface area contributed by atoms with Crippen molar-refractivity contribution < 1.29 is 9.59 Å². The molecule has 78 valence electrons. The summed E-state index contributed by atoms with van der Waals surface area (Å²) in [5.74, 6) is 0. The van der Waals surface area contributed by atoms with E-state index in [2.05, 4.69) is 9.98 Å². The molecule has 0 radical (unpaired) electrons. The maximum Gasteiger partial charge on any atom is 0.237 e. The number of hydrogen-bond acceptors (Lipinski definition) is 4. The van der Waals surface area contributed by atoms with Crippen molar-refractivity contribution in [1.29, 1.82) is 0 Å². The normalized spacial score (nSPS) is 14.9. The Bertz CT molecular complexity index is 261. The molecule has 0 aliphatic carbocycles. The second-order valence-corrected chi connectivity index (χ2v) is 4.22. The third-order valence-electron chi connectivity index (χ3n) is 2.26. The van der Waals surface area contributed by atoms with Crippen LogP contribution < -0.4 is 0 Å². The first-order valence-corrected chi connectivity index (χ1v) is 4.61. The molecule has 0 saturated heterocycles. The van der Waals surface area contributed by atoms with Gasteiger partial charge in [-0.15, -0.1) is 0 Å². The number of carbonyl (C=O) groups excluding carboxylic acids is 2. The van der Waals surface area contributed by atoms with Crippen molar-refractivity contribution in [2.75, 3.05) is 0 Å². The van der Waals surface area contributed by atoms with Gasteiger partial charge in [-0.25, -0.2) is 9.59 Å². The third kappa shape index (κ3) is 2.63. The summed E-state index contributed by atoms with van der Waals surface area (Å²) in [6.45, 7) is 7.58. The Morgan fingerprint density at radius 2 is 1.50 bits per heavy atom. The predicted octanol–water partition coefficient (Wildman–Crippen LogP) is 2.20. The van der Waals surface area contributed by atoms with Crippen molar-refractivity contribution in [3.8, 4) is 0 Å². The maximum atomic E-state index is 10.3. The lowest BCUT2D eigenvalue weighted by atomic mass is 9.78. The molecule has 0 aliphatic heterocycles. The summed E-state index contributed by atoms with van der Waals surface area (Å²) >= 11 is 0. The van der Waals surface area contributed by atoms with Gasteiger partial charge in [0.2, 0.25) is 12.2 Å². The summed E-state index contributed by atoms with van der Waals surface area (Å²) in [5, 5.41) is 0. The molecule has 0 aliphatic rings. The fraction of sp³-hybridized carbons (Fsp3) is 0.800. The van der Waals surface area contributed by atoms with Crippen molar-refractivity contribution in [3.63, 3.8) is 0 Å². The molecular weight excluding hydrogens is 180 g/mol. The highest BCUT2D eigenvalue weighted by molar-refractivity contribution is 5.39. The van der Waals surface area contributed by atoms with Gasteiger partial charge in [0.15, 0.2) is 5.66 Å². The summed E-state index contributed by atoms with van der Waals surface area (Å²) in [5.41, 5.74) is -1.40. The fourth-order valence-corrected chi connectivity index (χ4v) is 1.35. The molecular formula is C10H16N2O2. The zero-order chi connectivity index (χ0) is 11.2. The molecule has 0 amide bonds. The van der Waals surface area contributed by atoms with Gasteiger partial charge < -0.3 is 0 Å². The monoisotopic (exact) mass is 196 g/mol. The smallest absolute Gasteiger partial charge is 0.211 e. The van der Waals surface area contributed by atoms with E-state index in [1.165, 1.54) is 12.2 Å². The minimum absolute atomic E-state index is 0.391. The van der Waals surface area contributed by atoms with Gasteiger partial charge >= 0.3 is 0 Å². The lowest BCUT2D eigenvalue weighted by Gasteiger charge is -2.35. The zero-order valence-corrected chi connectivity index (χ0v) is 9.13. The van der Waals surface area contributed by atoms with Crippen LogP contribution in [0.2, 0.25) is 0 Å². The molecule has 0 aromatic carbocycles. The molecule has 0 aromatic heterocycles. The van der Waals surface area contributed by atoms with Crippen molar-refractivity contribution >= 4 is 12.2 Å². The van der Waals surface area contributed by atoms with Crippen LogP contribution in [0.4, 0.5) is 0 Å². The van der Waals surface area contributed by atoms with Crippen LogP contribution >= 0.6 is 0 Å². The second-order valence-electron chi connectivity index (χ2n) is 4.22. The highest BCUT2D eigenvalue weighted by atomic mass is 16.1. The van der Waals surface area contributed by atoms with Crippen molar-refractivity contribution in [1.82, 2.24) is 0 Å². The largest absolute Gasteiger partial charge is 0.237 e. The molecule has 4 heteroatoms. The minimum atomic E-state index is -1.01. The Balaban J connectivity index is 5.36. The van der Waals surface area contributed by atoms with Crippen molar-refractivity contribution in [2.24, 2.45) is 15.4 Å².